The van der Waals surface area contributed by atoms with Crippen LogP contribution in [-0.4, -0.2) is 59.0 Å². The molecule has 0 saturated heterocycles. The predicted molar refractivity (Wildman–Crippen MR) is 153 cm³/mol. The molecule has 2 heterocycles. The summed E-state index contributed by atoms with van der Waals surface area (Å²) >= 11 is 0. The summed E-state index contributed by atoms with van der Waals surface area (Å²) in [6, 6.07) is 7.66. The van der Waals surface area contributed by atoms with Crippen LogP contribution in [0.1, 0.15) is 46.4 Å². The van der Waals surface area contributed by atoms with Crippen molar-refractivity contribution in [3.63, 3.8) is 0 Å². The SMILES string of the molecule is CC(C)(C)OC(=O)C(C)(C)COc1cnc(-c2ccc(-c3ncc(C(OCC[Si](C)(C)C)C(F)(F)F)[nH]3)cc2)cn1. The standard InChI is InChI=1S/C29H39F3N4O4Si/c1-27(2,3)40-26(37)28(4,5)18-39-23-17-33-21(15-34-23)19-9-11-20(12-10-19)25-35-16-22(36-25)24(29(30,31)32)38-13-14-41(6,7)8/h9-12,15-17,24H,13-14,18H2,1-8H3,(H,35,36). The summed E-state index contributed by atoms with van der Waals surface area (Å²) in [6.07, 6.45) is -2.45. The summed E-state index contributed by atoms with van der Waals surface area (Å²) in [5.74, 6) is 0.190. The van der Waals surface area contributed by atoms with Gasteiger partial charge in [-0.2, -0.15) is 13.2 Å². The van der Waals surface area contributed by atoms with Crippen LogP contribution >= 0.6 is 0 Å². The van der Waals surface area contributed by atoms with Crippen LogP contribution in [0.25, 0.3) is 22.6 Å². The summed E-state index contributed by atoms with van der Waals surface area (Å²) in [5, 5.41) is 0. The fraction of sp³-hybridized carbons (Fsp3) is 0.517. The molecule has 8 nitrogen and oxygen atoms in total. The van der Waals surface area contributed by atoms with Gasteiger partial charge in [0, 0.05) is 25.8 Å². The summed E-state index contributed by atoms with van der Waals surface area (Å²) < 4.78 is 57.5. The molecule has 2 aromatic heterocycles. The number of carbonyl (C=O) groups excluding carboxylic acids is 1. The van der Waals surface area contributed by atoms with E-state index in [1.54, 1.807) is 65.1 Å². The normalized spacial score (nSPS) is 13.6. The Balaban J connectivity index is 1.65. The third-order valence-corrected chi connectivity index (χ3v) is 7.63. The fourth-order valence-corrected chi connectivity index (χ4v) is 4.26. The third kappa shape index (κ3) is 9.67. The van der Waals surface area contributed by atoms with Gasteiger partial charge in [0.25, 0.3) is 0 Å². The van der Waals surface area contributed by atoms with E-state index in [2.05, 4.69) is 39.6 Å². The van der Waals surface area contributed by atoms with Crippen LogP contribution in [0.2, 0.25) is 25.7 Å². The lowest BCUT2D eigenvalue weighted by Crippen LogP contribution is -2.37. The number of H-pyrrole nitrogens is 1. The maximum absolute atomic E-state index is 13.7. The van der Waals surface area contributed by atoms with Crippen molar-refractivity contribution in [2.45, 2.75) is 78.2 Å². The van der Waals surface area contributed by atoms with Crippen molar-refractivity contribution in [3.05, 3.63) is 48.5 Å². The summed E-state index contributed by atoms with van der Waals surface area (Å²) in [6.45, 7) is 15.2. The van der Waals surface area contributed by atoms with Crippen molar-refractivity contribution < 1.29 is 32.2 Å². The van der Waals surface area contributed by atoms with Crippen LogP contribution in [0.3, 0.4) is 0 Å². The second-order valence-electron chi connectivity index (χ2n) is 12.8. The summed E-state index contributed by atoms with van der Waals surface area (Å²) in [4.78, 5) is 28.0. The first-order valence-electron chi connectivity index (χ1n) is 13.4. The molecule has 1 atom stereocenters. The Hall–Kier alpha value is -3.25. The molecule has 0 aliphatic rings. The molecule has 3 rings (SSSR count). The van der Waals surface area contributed by atoms with E-state index in [0.717, 1.165) is 5.56 Å². The molecule has 1 aromatic carbocycles. The van der Waals surface area contributed by atoms with E-state index < -0.39 is 31.4 Å². The number of rotatable bonds is 11. The molecule has 0 amide bonds. The zero-order valence-electron chi connectivity index (χ0n) is 24.8. The van der Waals surface area contributed by atoms with Gasteiger partial charge in [0.15, 0.2) is 6.10 Å². The molecule has 0 spiro atoms. The van der Waals surface area contributed by atoms with Crippen LogP contribution in [0.15, 0.2) is 42.9 Å². The number of nitrogens with zero attached hydrogens (tertiary/aromatic N) is 3. The van der Waals surface area contributed by atoms with Crippen molar-refractivity contribution in [1.29, 1.82) is 0 Å². The van der Waals surface area contributed by atoms with Crippen LogP contribution in [0.4, 0.5) is 13.2 Å². The Morgan fingerprint density at radius 1 is 0.927 bits per heavy atom. The number of nitrogens with one attached hydrogen (secondary N) is 1. The monoisotopic (exact) mass is 592 g/mol. The molecule has 224 valence electrons. The highest BCUT2D eigenvalue weighted by atomic mass is 28.3. The largest absolute Gasteiger partial charge is 0.475 e. The molecule has 12 heteroatoms. The van der Waals surface area contributed by atoms with E-state index in [-0.39, 0.29) is 30.8 Å². The number of aromatic amines is 1. The van der Waals surface area contributed by atoms with Gasteiger partial charge in [-0.15, -0.1) is 0 Å². The average Bonchev–Trinajstić information content (AvgIpc) is 3.33. The lowest BCUT2D eigenvalue weighted by Gasteiger charge is -2.28. The van der Waals surface area contributed by atoms with E-state index in [4.69, 9.17) is 14.2 Å². The zero-order chi connectivity index (χ0) is 30.6. The van der Waals surface area contributed by atoms with E-state index in [1.807, 2.05) is 0 Å². The lowest BCUT2D eigenvalue weighted by atomic mass is 9.95. The van der Waals surface area contributed by atoms with Crippen molar-refractivity contribution in [1.82, 2.24) is 19.9 Å². The highest BCUT2D eigenvalue weighted by Crippen LogP contribution is 2.36. The minimum absolute atomic E-state index is 0.0370. The molecule has 0 bridgehead atoms. The Kier molecular flexibility index (Phi) is 9.69. The van der Waals surface area contributed by atoms with Gasteiger partial charge in [0.05, 0.1) is 35.4 Å². The first-order valence-corrected chi connectivity index (χ1v) is 17.1. The predicted octanol–water partition coefficient (Wildman–Crippen LogP) is 7.24. The minimum Gasteiger partial charge on any atom is -0.475 e. The first kappa shape index (κ1) is 32.3. The molecular weight excluding hydrogens is 553 g/mol. The summed E-state index contributed by atoms with van der Waals surface area (Å²) in [5.41, 5.74) is 0.316. The van der Waals surface area contributed by atoms with E-state index in [9.17, 15) is 18.0 Å². The lowest BCUT2D eigenvalue weighted by molar-refractivity contribution is -0.223. The second-order valence-corrected chi connectivity index (χ2v) is 18.4. The van der Waals surface area contributed by atoms with Crippen LogP contribution in [0.5, 0.6) is 5.88 Å². The van der Waals surface area contributed by atoms with Gasteiger partial charge in [-0.05, 0) is 40.7 Å². The van der Waals surface area contributed by atoms with E-state index in [0.29, 0.717) is 23.1 Å². The maximum atomic E-state index is 13.7. The number of hydrogen-bond acceptors (Lipinski definition) is 7. The molecule has 3 aromatic rings. The van der Waals surface area contributed by atoms with Crippen molar-refractivity contribution in [3.8, 4) is 28.5 Å². The van der Waals surface area contributed by atoms with Gasteiger partial charge in [-0.3, -0.25) is 4.79 Å². The van der Waals surface area contributed by atoms with Crippen LogP contribution < -0.4 is 4.74 Å². The van der Waals surface area contributed by atoms with Gasteiger partial charge in [-0.1, -0.05) is 43.9 Å². The molecule has 1 N–H and O–H groups in total. The molecule has 1 unspecified atom stereocenters. The maximum Gasteiger partial charge on any atom is 0.420 e. The number of imidazole rings is 1. The third-order valence-electron chi connectivity index (χ3n) is 5.93. The van der Waals surface area contributed by atoms with Crippen molar-refractivity contribution in [2.75, 3.05) is 13.2 Å². The Labute approximate surface area is 240 Å². The molecule has 0 saturated carbocycles. The number of halogens is 3. The smallest absolute Gasteiger partial charge is 0.420 e. The Morgan fingerprint density at radius 3 is 2.10 bits per heavy atom. The van der Waals surface area contributed by atoms with Gasteiger partial charge in [-0.25, -0.2) is 15.0 Å². The number of carbonyl (C=O) groups is 1. The quantitative estimate of drug-likeness (QED) is 0.185. The number of benzene rings is 1. The minimum atomic E-state index is -4.56. The zero-order valence-corrected chi connectivity index (χ0v) is 25.8. The average molecular weight is 593 g/mol. The van der Waals surface area contributed by atoms with Gasteiger partial charge in [0.1, 0.15) is 18.0 Å². The molecule has 0 aliphatic heterocycles. The Bertz CT molecular complexity index is 1300. The van der Waals surface area contributed by atoms with Crippen molar-refractivity contribution >= 4 is 14.0 Å². The van der Waals surface area contributed by atoms with Crippen molar-refractivity contribution in [2.24, 2.45) is 5.41 Å². The van der Waals surface area contributed by atoms with Crippen LogP contribution in [0, 0.1) is 5.41 Å². The molecule has 0 fully saturated rings. The second kappa shape index (κ2) is 12.3. The van der Waals surface area contributed by atoms with Crippen LogP contribution in [-0.2, 0) is 14.3 Å². The van der Waals surface area contributed by atoms with Gasteiger partial charge < -0.3 is 19.2 Å². The first-order chi connectivity index (χ1) is 18.8. The highest BCUT2D eigenvalue weighted by Gasteiger charge is 2.43. The molecule has 0 aliphatic carbocycles. The van der Waals surface area contributed by atoms with E-state index in [1.165, 1.54) is 12.4 Å². The van der Waals surface area contributed by atoms with Gasteiger partial charge >= 0.3 is 12.1 Å². The van der Waals surface area contributed by atoms with Gasteiger partial charge in [0.2, 0.25) is 5.88 Å². The fourth-order valence-electron chi connectivity index (χ4n) is 3.53. The number of aromatic nitrogens is 4. The summed E-state index contributed by atoms with van der Waals surface area (Å²) in [7, 11) is -1.54. The topological polar surface area (TPSA) is 99.2 Å². The highest BCUT2D eigenvalue weighted by molar-refractivity contribution is 6.76. The number of alkyl halides is 3. The Morgan fingerprint density at radius 2 is 1.56 bits per heavy atom. The molecular formula is C29H39F3N4O4Si. The number of hydrogen-bond donors (Lipinski definition) is 1. The molecule has 0 radical (unpaired) electrons. The number of esters is 1. The van der Waals surface area contributed by atoms with E-state index >= 15 is 0 Å². The molecule has 41 heavy (non-hydrogen) atoms. The number of ether oxygens (including phenoxy) is 3.